The molecule has 0 spiro atoms. The molecule has 0 radical (unpaired) electrons. The molecule has 0 atom stereocenters. The summed E-state index contributed by atoms with van der Waals surface area (Å²) in [6.45, 7) is 4.87. The van der Waals surface area contributed by atoms with Crippen LogP contribution < -0.4 is 0 Å². The van der Waals surface area contributed by atoms with Crippen LogP contribution in [0.1, 0.15) is 74.1 Å². The fourth-order valence-electron chi connectivity index (χ4n) is 3.33. The second-order valence-electron chi connectivity index (χ2n) is 7.44. The first-order valence-corrected chi connectivity index (χ1v) is 9.43. The number of hydrogen-bond acceptors (Lipinski definition) is 8. The molecule has 10 heteroatoms. The fourth-order valence-corrected chi connectivity index (χ4v) is 3.33. The van der Waals surface area contributed by atoms with Gasteiger partial charge in [-0.15, -0.1) is 10.2 Å². The van der Waals surface area contributed by atoms with E-state index in [2.05, 4.69) is 15.2 Å². The van der Waals surface area contributed by atoms with Crippen molar-refractivity contribution in [3.63, 3.8) is 0 Å². The molecule has 1 heterocycles. The minimum absolute atomic E-state index is 0.0436. The van der Waals surface area contributed by atoms with Crippen molar-refractivity contribution in [2.75, 3.05) is 14.1 Å². The molecule has 1 N–H and O–H groups in total. The highest BCUT2D eigenvalue weighted by atomic mass is 16.3. The van der Waals surface area contributed by atoms with Crippen molar-refractivity contribution in [2.24, 2.45) is 10.2 Å². The number of nitrogens with zero attached hydrogens (tertiary/aromatic N) is 5. The highest BCUT2D eigenvalue weighted by molar-refractivity contribution is 6.23. The number of aldehydes is 1. The first-order chi connectivity index (χ1) is 14.6. The summed E-state index contributed by atoms with van der Waals surface area (Å²) in [6.07, 6.45) is 0.446. The summed E-state index contributed by atoms with van der Waals surface area (Å²) in [4.78, 5) is 54.2. The topological polar surface area (TPSA) is 134 Å². The summed E-state index contributed by atoms with van der Waals surface area (Å²) >= 11 is 0. The van der Waals surface area contributed by atoms with Crippen LogP contribution in [0.4, 0.5) is 5.95 Å². The number of azo groups is 1. The number of allylic oxidation sites excluding steroid dienone is 1. The quantitative estimate of drug-likeness (QED) is 0.430. The lowest BCUT2D eigenvalue weighted by molar-refractivity contribution is 0.0811. The summed E-state index contributed by atoms with van der Waals surface area (Å²) in [5.41, 5.74) is 0.00306. The Labute approximate surface area is 177 Å². The summed E-state index contributed by atoms with van der Waals surface area (Å²) < 4.78 is 1.43. The van der Waals surface area contributed by atoms with Crippen molar-refractivity contribution < 1.29 is 24.3 Å². The molecule has 1 aromatic heterocycles. The molecular weight excluding hydrogens is 402 g/mol. The zero-order chi connectivity index (χ0) is 23.0. The Kier molecular flexibility index (Phi) is 5.65. The molecule has 31 heavy (non-hydrogen) atoms. The van der Waals surface area contributed by atoms with E-state index in [0.717, 1.165) is 0 Å². The van der Waals surface area contributed by atoms with Crippen LogP contribution in [0.2, 0.25) is 0 Å². The van der Waals surface area contributed by atoms with Gasteiger partial charge < -0.3 is 10.0 Å². The number of imidazole rings is 1. The highest BCUT2D eigenvalue weighted by Crippen LogP contribution is 2.35. The third-order valence-corrected chi connectivity index (χ3v) is 4.76. The largest absolute Gasteiger partial charge is 0.505 e. The van der Waals surface area contributed by atoms with E-state index < -0.39 is 17.4 Å². The Morgan fingerprint density at radius 1 is 1.23 bits per heavy atom. The lowest BCUT2D eigenvalue weighted by Gasteiger charge is -2.16. The third kappa shape index (κ3) is 3.56. The average Bonchev–Trinajstić information content (AvgIpc) is 3.21. The second kappa shape index (κ2) is 8.05. The minimum Gasteiger partial charge on any atom is -0.505 e. The Bertz CT molecular complexity index is 1190. The zero-order valence-electron chi connectivity index (χ0n) is 17.7. The molecule has 0 unspecified atom stereocenters. The molecule has 160 valence electrons. The normalized spacial score (nSPS) is 13.3. The van der Waals surface area contributed by atoms with Crippen molar-refractivity contribution in [2.45, 2.75) is 26.8 Å². The molecule has 0 saturated carbocycles. The number of aliphatic hydroxyl groups excluding tert-OH is 1. The van der Waals surface area contributed by atoms with E-state index in [1.54, 1.807) is 34.0 Å². The van der Waals surface area contributed by atoms with Crippen LogP contribution in [-0.2, 0) is 0 Å². The monoisotopic (exact) mass is 423 g/mol. The molecule has 1 aliphatic carbocycles. The van der Waals surface area contributed by atoms with Crippen molar-refractivity contribution in [3.05, 3.63) is 52.0 Å². The Balaban J connectivity index is 2.11. The van der Waals surface area contributed by atoms with Gasteiger partial charge in [0.05, 0.1) is 0 Å². The number of amides is 1. The Morgan fingerprint density at radius 3 is 2.45 bits per heavy atom. The van der Waals surface area contributed by atoms with Gasteiger partial charge in [-0.2, -0.15) is 0 Å². The summed E-state index contributed by atoms with van der Waals surface area (Å²) in [6, 6.07) is 4.25. The van der Waals surface area contributed by atoms with Crippen molar-refractivity contribution >= 4 is 35.5 Å². The van der Waals surface area contributed by atoms with Gasteiger partial charge in [0.15, 0.2) is 23.5 Å². The maximum absolute atomic E-state index is 12.8. The lowest BCUT2D eigenvalue weighted by Crippen LogP contribution is -2.26. The summed E-state index contributed by atoms with van der Waals surface area (Å²) in [5.74, 6) is -1.89. The summed E-state index contributed by atoms with van der Waals surface area (Å²) in [5, 5.41) is 18.3. The SMILES string of the molecule is CC(=O)c1cccc2c1C(=O)C(N=Nc1nc(C=O)c(C(=O)N(C)C)n1C(C)C)=C2O. The number of carbonyl (C=O) groups excluding carboxylic acids is 4. The lowest BCUT2D eigenvalue weighted by atomic mass is 9.99. The number of rotatable bonds is 6. The molecule has 2 aromatic rings. The fraction of sp³-hybridized carbons (Fsp3) is 0.286. The number of carbonyl (C=O) groups is 4. The van der Waals surface area contributed by atoms with Crippen LogP contribution in [0.5, 0.6) is 0 Å². The van der Waals surface area contributed by atoms with E-state index in [1.807, 2.05) is 0 Å². The molecule has 1 amide bonds. The maximum Gasteiger partial charge on any atom is 0.272 e. The standard InChI is InChI=1S/C21H21N5O5/c1-10(2)26-17(20(31)25(4)5)14(9-27)22-21(26)24-23-16-18(29)13-8-6-7-12(11(3)28)15(13)19(16)30/h6-10,29H,1-5H3. The molecule has 0 bridgehead atoms. The molecule has 0 fully saturated rings. The van der Waals surface area contributed by atoms with Gasteiger partial charge in [-0.1, -0.05) is 18.2 Å². The van der Waals surface area contributed by atoms with Crippen LogP contribution >= 0.6 is 0 Å². The smallest absolute Gasteiger partial charge is 0.272 e. The minimum atomic E-state index is -0.648. The number of Topliss-reactive ketones (excluding diaryl/α,β-unsaturated/α-hetero) is 2. The van der Waals surface area contributed by atoms with Crippen LogP contribution in [0.3, 0.4) is 0 Å². The molecule has 1 aromatic carbocycles. The van der Waals surface area contributed by atoms with Gasteiger partial charge in [0.1, 0.15) is 11.4 Å². The number of aromatic nitrogens is 2. The van der Waals surface area contributed by atoms with Gasteiger partial charge in [0.25, 0.3) is 11.9 Å². The van der Waals surface area contributed by atoms with Gasteiger partial charge in [-0.05, 0) is 20.8 Å². The number of benzene rings is 1. The molecule has 3 rings (SSSR count). The predicted molar refractivity (Wildman–Crippen MR) is 111 cm³/mol. The van der Waals surface area contributed by atoms with E-state index in [9.17, 15) is 24.3 Å². The molecular formula is C21H21N5O5. The second-order valence-corrected chi connectivity index (χ2v) is 7.44. The van der Waals surface area contributed by atoms with E-state index in [0.29, 0.717) is 6.29 Å². The summed E-state index contributed by atoms with van der Waals surface area (Å²) in [7, 11) is 3.08. The Hall–Kier alpha value is -3.95. The predicted octanol–water partition coefficient (Wildman–Crippen LogP) is 3.39. The van der Waals surface area contributed by atoms with Crippen LogP contribution in [0.15, 0.2) is 34.1 Å². The maximum atomic E-state index is 12.8. The van der Waals surface area contributed by atoms with E-state index >= 15 is 0 Å². The van der Waals surface area contributed by atoms with E-state index in [-0.39, 0.29) is 51.5 Å². The van der Waals surface area contributed by atoms with Gasteiger partial charge in [0, 0.05) is 36.8 Å². The van der Waals surface area contributed by atoms with Crippen LogP contribution in [-0.4, -0.2) is 57.4 Å². The third-order valence-electron chi connectivity index (χ3n) is 4.76. The van der Waals surface area contributed by atoms with Gasteiger partial charge in [0.2, 0.25) is 5.78 Å². The number of fused-ring (bicyclic) bond motifs is 1. The van der Waals surface area contributed by atoms with Crippen molar-refractivity contribution in [1.29, 1.82) is 0 Å². The Morgan fingerprint density at radius 2 is 1.90 bits per heavy atom. The first kappa shape index (κ1) is 21.8. The van der Waals surface area contributed by atoms with Crippen molar-refractivity contribution in [3.8, 4) is 0 Å². The number of aliphatic hydroxyl groups is 1. The van der Waals surface area contributed by atoms with Gasteiger partial charge >= 0.3 is 0 Å². The molecule has 10 nitrogen and oxygen atoms in total. The van der Waals surface area contributed by atoms with Crippen LogP contribution in [0, 0.1) is 0 Å². The molecule has 0 aliphatic heterocycles. The van der Waals surface area contributed by atoms with E-state index in [4.69, 9.17) is 0 Å². The van der Waals surface area contributed by atoms with Crippen LogP contribution in [0.25, 0.3) is 5.76 Å². The zero-order valence-corrected chi connectivity index (χ0v) is 17.7. The highest BCUT2D eigenvalue weighted by Gasteiger charge is 2.34. The number of hydrogen-bond donors (Lipinski definition) is 1. The van der Waals surface area contributed by atoms with Crippen molar-refractivity contribution in [1.82, 2.24) is 14.5 Å². The molecule has 1 aliphatic rings. The van der Waals surface area contributed by atoms with Gasteiger partial charge in [-0.25, -0.2) is 4.98 Å². The first-order valence-electron chi connectivity index (χ1n) is 9.43. The van der Waals surface area contributed by atoms with E-state index in [1.165, 1.54) is 28.5 Å². The number of ketones is 2. The van der Waals surface area contributed by atoms with Gasteiger partial charge in [-0.3, -0.25) is 23.7 Å². The molecule has 0 saturated heterocycles. The average molecular weight is 423 g/mol.